The van der Waals surface area contributed by atoms with Crippen molar-refractivity contribution in [2.45, 2.75) is 37.2 Å². The molecule has 0 saturated heterocycles. The number of fused-ring (bicyclic) bond motifs is 1. The molecule has 2 aromatic rings. The molecule has 1 aliphatic rings. The molecule has 0 saturated carbocycles. The molecule has 0 unspecified atom stereocenters. The molecule has 3 rings (SSSR count). The Morgan fingerprint density at radius 2 is 2.10 bits per heavy atom. The van der Waals surface area contributed by atoms with E-state index in [-0.39, 0.29) is 28.4 Å². The number of hydrogen-bond donors (Lipinski definition) is 3. The number of carbonyl (C=O) groups is 1. The maximum atomic E-state index is 14.4. The van der Waals surface area contributed by atoms with E-state index in [1.807, 2.05) is 0 Å². The maximum Gasteiger partial charge on any atom is 0.491 e. The number of halogens is 1. The molecule has 0 bridgehead atoms. The topological polar surface area (TPSA) is 128 Å². The number of benzene rings is 2. The maximum absolute atomic E-state index is 14.4. The van der Waals surface area contributed by atoms with Gasteiger partial charge in [-0.3, -0.25) is 5.32 Å². The van der Waals surface area contributed by atoms with Crippen LogP contribution in [0.5, 0.6) is 0 Å². The number of nitrogens with one attached hydrogen (secondary N) is 1. The Bertz CT molecular complexity index is 1060. The van der Waals surface area contributed by atoms with Crippen LogP contribution in [0.3, 0.4) is 0 Å². The molecule has 1 heterocycles. The molecule has 0 atom stereocenters. The van der Waals surface area contributed by atoms with Crippen LogP contribution in [0.4, 0.5) is 20.6 Å². The fourth-order valence-corrected chi connectivity index (χ4v) is 4.46. The van der Waals surface area contributed by atoms with Gasteiger partial charge in [0.05, 0.1) is 29.0 Å². The Balaban J connectivity index is 1.94. The highest BCUT2D eigenvalue weighted by atomic mass is 32.2. The fraction of sp³-hybridized carbons (Fsp3) is 0.278. The Morgan fingerprint density at radius 3 is 2.79 bits per heavy atom. The van der Waals surface area contributed by atoms with Crippen molar-refractivity contribution in [3.05, 3.63) is 47.3 Å². The van der Waals surface area contributed by atoms with E-state index >= 15 is 0 Å². The van der Waals surface area contributed by atoms with Gasteiger partial charge in [-0.1, -0.05) is 6.07 Å². The van der Waals surface area contributed by atoms with E-state index in [0.29, 0.717) is 11.0 Å². The Morgan fingerprint density at radius 1 is 1.38 bits per heavy atom. The molecule has 1 amide bonds. The van der Waals surface area contributed by atoms with Gasteiger partial charge in [0, 0.05) is 11.3 Å². The van der Waals surface area contributed by atoms with Gasteiger partial charge in [0.25, 0.3) is 0 Å². The van der Waals surface area contributed by atoms with E-state index in [0.717, 1.165) is 6.07 Å². The lowest BCUT2D eigenvalue weighted by Crippen LogP contribution is -2.29. The van der Waals surface area contributed by atoms with Crippen LogP contribution in [0.1, 0.15) is 25.0 Å². The smallest absolute Gasteiger partial charge is 0.447 e. The van der Waals surface area contributed by atoms with Crippen molar-refractivity contribution in [1.82, 2.24) is 0 Å². The molecule has 0 aliphatic carbocycles. The van der Waals surface area contributed by atoms with Crippen LogP contribution in [-0.4, -0.2) is 32.8 Å². The average molecular weight is 422 g/mol. The van der Waals surface area contributed by atoms with Crippen LogP contribution < -0.4 is 16.5 Å². The first kappa shape index (κ1) is 21.1. The third-order valence-electron chi connectivity index (χ3n) is 4.23. The molecule has 11 heteroatoms. The highest BCUT2D eigenvalue weighted by molar-refractivity contribution is 7.90. The van der Waals surface area contributed by atoms with Gasteiger partial charge in [-0.15, -0.1) is 0 Å². The third-order valence-corrected chi connectivity index (χ3v) is 5.95. The van der Waals surface area contributed by atoms with Gasteiger partial charge >= 0.3 is 13.2 Å². The van der Waals surface area contributed by atoms with E-state index in [4.69, 9.17) is 15.1 Å². The lowest BCUT2D eigenvalue weighted by molar-refractivity contribution is 0.130. The number of anilines is 2. The predicted molar refractivity (Wildman–Crippen MR) is 106 cm³/mol. The lowest BCUT2D eigenvalue weighted by Gasteiger charge is -2.15. The first-order chi connectivity index (χ1) is 13.6. The number of ether oxygens (including phenoxy) is 1. The van der Waals surface area contributed by atoms with Crippen molar-refractivity contribution in [3.63, 3.8) is 0 Å². The van der Waals surface area contributed by atoms with E-state index in [1.165, 1.54) is 24.3 Å². The molecule has 0 fully saturated rings. The first-order valence-electron chi connectivity index (χ1n) is 8.77. The van der Waals surface area contributed by atoms with Gasteiger partial charge < -0.3 is 20.1 Å². The summed E-state index contributed by atoms with van der Waals surface area (Å²) in [7, 11) is -5.31. The monoisotopic (exact) mass is 422 g/mol. The van der Waals surface area contributed by atoms with Gasteiger partial charge in [-0.05, 0) is 49.1 Å². The van der Waals surface area contributed by atoms with Gasteiger partial charge in [0.15, 0.2) is 9.84 Å². The summed E-state index contributed by atoms with van der Waals surface area (Å²) in [4.78, 5) is 11.7. The van der Waals surface area contributed by atoms with Gasteiger partial charge in [-0.2, -0.15) is 0 Å². The highest BCUT2D eigenvalue weighted by Gasteiger charge is 2.30. The SMILES string of the molecule is CC(C)OC(=O)Nc1cc(N)ccc1S(=O)(=O)Cc1cc2c(cc1F)COB2O. The van der Waals surface area contributed by atoms with Crippen LogP contribution >= 0.6 is 0 Å². The summed E-state index contributed by atoms with van der Waals surface area (Å²) < 4.78 is 50.4. The van der Waals surface area contributed by atoms with Crippen LogP contribution in [-0.2, 0) is 31.6 Å². The molecule has 0 radical (unpaired) electrons. The fourth-order valence-electron chi connectivity index (χ4n) is 2.95. The Labute approximate surface area is 167 Å². The summed E-state index contributed by atoms with van der Waals surface area (Å²) in [5.41, 5.74) is 6.54. The van der Waals surface area contributed by atoms with E-state index in [9.17, 15) is 22.6 Å². The van der Waals surface area contributed by atoms with Crippen molar-refractivity contribution < 1.29 is 32.0 Å². The van der Waals surface area contributed by atoms with E-state index < -0.39 is 40.7 Å². The number of carbonyl (C=O) groups excluding carboxylic acids is 1. The average Bonchev–Trinajstić information content (AvgIpc) is 2.94. The van der Waals surface area contributed by atoms with Crippen molar-refractivity contribution >= 4 is 39.9 Å². The minimum absolute atomic E-state index is 0.0461. The zero-order valence-electron chi connectivity index (χ0n) is 15.8. The van der Waals surface area contributed by atoms with E-state index in [1.54, 1.807) is 13.8 Å². The summed E-state index contributed by atoms with van der Waals surface area (Å²) in [6, 6.07) is 6.31. The standard InChI is InChI=1S/C18H20BFN2O6S/c1-10(2)28-18(23)22-16-7-13(21)3-4-17(16)29(25,26)9-12-5-14-11(6-15(12)20)8-27-19(14)24/h3-7,10,24H,8-9,21H2,1-2H3,(H,22,23). The van der Waals surface area contributed by atoms with Crippen molar-refractivity contribution in [3.8, 4) is 0 Å². The zero-order chi connectivity index (χ0) is 21.3. The number of sulfone groups is 1. The normalized spacial score (nSPS) is 13.5. The van der Waals surface area contributed by atoms with Crippen molar-refractivity contribution in [2.75, 3.05) is 11.1 Å². The number of nitrogen functional groups attached to an aromatic ring is 1. The Kier molecular flexibility index (Phi) is 5.83. The molecular formula is C18H20BFN2O6S. The minimum Gasteiger partial charge on any atom is -0.447 e. The summed E-state index contributed by atoms with van der Waals surface area (Å²) in [6.07, 6.45) is -1.25. The molecule has 4 N–H and O–H groups in total. The second kappa shape index (κ2) is 8.01. The predicted octanol–water partition coefficient (Wildman–Crippen LogP) is 1.56. The second-order valence-electron chi connectivity index (χ2n) is 6.90. The summed E-state index contributed by atoms with van der Waals surface area (Å²) in [6.45, 7) is 3.33. The molecule has 29 heavy (non-hydrogen) atoms. The lowest BCUT2D eigenvalue weighted by atomic mass is 9.79. The number of nitrogens with two attached hydrogens (primary N) is 1. The second-order valence-corrected chi connectivity index (χ2v) is 8.86. The molecule has 1 aliphatic heterocycles. The third kappa shape index (κ3) is 4.69. The molecular weight excluding hydrogens is 402 g/mol. The minimum atomic E-state index is -4.08. The van der Waals surface area contributed by atoms with Crippen LogP contribution in [0.15, 0.2) is 35.2 Å². The largest absolute Gasteiger partial charge is 0.491 e. The van der Waals surface area contributed by atoms with Crippen molar-refractivity contribution in [1.29, 1.82) is 0 Å². The quantitative estimate of drug-likeness (QED) is 0.493. The van der Waals surface area contributed by atoms with Crippen molar-refractivity contribution in [2.24, 2.45) is 0 Å². The summed E-state index contributed by atoms with van der Waals surface area (Å²) in [5, 5.41) is 12.2. The van der Waals surface area contributed by atoms with Gasteiger partial charge in [-0.25, -0.2) is 17.6 Å². The zero-order valence-corrected chi connectivity index (χ0v) is 16.6. The van der Waals surface area contributed by atoms with Crippen LogP contribution in [0.2, 0.25) is 0 Å². The summed E-state index contributed by atoms with van der Waals surface area (Å²) >= 11 is 0. The van der Waals surface area contributed by atoms with Crippen LogP contribution in [0.25, 0.3) is 0 Å². The van der Waals surface area contributed by atoms with E-state index in [2.05, 4.69) is 5.32 Å². The van der Waals surface area contributed by atoms with Gasteiger partial charge in [0.2, 0.25) is 0 Å². The number of amides is 1. The molecule has 154 valence electrons. The summed E-state index contributed by atoms with van der Waals surface area (Å²) in [5.74, 6) is -1.41. The highest BCUT2D eigenvalue weighted by Crippen LogP contribution is 2.28. The number of hydrogen-bond acceptors (Lipinski definition) is 7. The first-order valence-corrected chi connectivity index (χ1v) is 10.4. The molecule has 8 nitrogen and oxygen atoms in total. The van der Waals surface area contributed by atoms with Crippen LogP contribution in [0, 0.1) is 5.82 Å². The molecule has 0 aromatic heterocycles. The Hall–Kier alpha value is -2.63. The molecule has 2 aromatic carbocycles. The number of rotatable bonds is 5. The van der Waals surface area contributed by atoms with Gasteiger partial charge in [0.1, 0.15) is 5.82 Å². The molecule has 0 spiro atoms.